The van der Waals surface area contributed by atoms with Gasteiger partial charge in [-0.15, -0.1) is 11.3 Å². The van der Waals surface area contributed by atoms with E-state index in [9.17, 15) is 4.79 Å². The summed E-state index contributed by atoms with van der Waals surface area (Å²) in [6.07, 6.45) is 3.18. The van der Waals surface area contributed by atoms with Gasteiger partial charge in [-0.1, -0.05) is 18.2 Å². The van der Waals surface area contributed by atoms with Crippen LogP contribution in [-0.4, -0.2) is 15.9 Å². The molecule has 0 fully saturated rings. The molecule has 144 valence electrons. The molecule has 4 rings (SSSR count). The Bertz CT molecular complexity index is 1120. The third-order valence-electron chi connectivity index (χ3n) is 4.41. The van der Waals surface area contributed by atoms with E-state index in [4.69, 9.17) is 4.74 Å². The number of anilines is 1. The standard InChI is InChI=1S/C23H19N3O2S/c1-15-12-19(28-18-6-4-3-5-7-18)13-16(2)21(15)20-14-29-23(25-20)26-22(27)17-8-10-24-11-9-17/h3-14H,1-2H3,(H,25,26,27). The smallest absolute Gasteiger partial charge is 0.257 e. The lowest BCUT2D eigenvalue weighted by molar-refractivity contribution is 0.102. The van der Waals surface area contributed by atoms with Crippen LogP contribution in [0.5, 0.6) is 11.5 Å². The van der Waals surface area contributed by atoms with Crippen molar-refractivity contribution in [3.63, 3.8) is 0 Å². The van der Waals surface area contributed by atoms with Crippen molar-refractivity contribution in [2.75, 3.05) is 5.32 Å². The van der Waals surface area contributed by atoms with Crippen LogP contribution >= 0.6 is 11.3 Å². The van der Waals surface area contributed by atoms with Crippen LogP contribution in [0, 0.1) is 13.8 Å². The van der Waals surface area contributed by atoms with Crippen LogP contribution in [0.2, 0.25) is 0 Å². The number of carbonyl (C=O) groups excluding carboxylic acids is 1. The number of rotatable bonds is 5. The van der Waals surface area contributed by atoms with Gasteiger partial charge in [0.15, 0.2) is 5.13 Å². The molecule has 0 spiro atoms. The summed E-state index contributed by atoms with van der Waals surface area (Å²) in [7, 11) is 0. The van der Waals surface area contributed by atoms with Gasteiger partial charge < -0.3 is 4.74 Å². The fourth-order valence-electron chi connectivity index (χ4n) is 3.13. The number of ether oxygens (including phenoxy) is 1. The van der Waals surface area contributed by atoms with Crippen LogP contribution in [0.1, 0.15) is 21.5 Å². The highest BCUT2D eigenvalue weighted by molar-refractivity contribution is 7.14. The lowest BCUT2D eigenvalue weighted by atomic mass is 10.0. The molecule has 0 aliphatic carbocycles. The Morgan fingerprint density at radius 2 is 1.66 bits per heavy atom. The molecule has 1 N–H and O–H groups in total. The zero-order chi connectivity index (χ0) is 20.2. The van der Waals surface area contributed by atoms with Gasteiger partial charge in [0.25, 0.3) is 5.91 Å². The Morgan fingerprint density at radius 1 is 0.966 bits per heavy atom. The number of nitrogens with zero attached hydrogens (tertiary/aromatic N) is 2. The molecule has 0 aliphatic rings. The average Bonchev–Trinajstić information content (AvgIpc) is 3.17. The van der Waals surface area contributed by atoms with Gasteiger partial charge in [-0.05, 0) is 61.4 Å². The van der Waals surface area contributed by atoms with E-state index in [1.807, 2.05) is 61.7 Å². The van der Waals surface area contributed by atoms with Crippen LogP contribution in [0.15, 0.2) is 72.4 Å². The zero-order valence-electron chi connectivity index (χ0n) is 16.0. The first-order valence-corrected chi connectivity index (χ1v) is 9.99. The molecule has 2 aromatic carbocycles. The minimum Gasteiger partial charge on any atom is -0.457 e. The quantitative estimate of drug-likeness (QED) is 0.454. The summed E-state index contributed by atoms with van der Waals surface area (Å²) in [5.41, 5.74) is 4.56. The van der Waals surface area contributed by atoms with Crippen LogP contribution in [0.25, 0.3) is 11.3 Å². The Morgan fingerprint density at radius 3 is 2.34 bits per heavy atom. The third kappa shape index (κ3) is 4.33. The summed E-state index contributed by atoms with van der Waals surface area (Å²) in [5.74, 6) is 1.39. The number of hydrogen-bond acceptors (Lipinski definition) is 5. The molecule has 0 atom stereocenters. The minimum atomic E-state index is -0.201. The van der Waals surface area contributed by atoms with Gasteiger partial charge in [-0.25, -0.2) is 4.98 Å². The number of hydrogen-bond donors (Lipinski definition) is 1. The molecule has 0 unspecified atom stereocenters. The molecule has 2 heterocycles. The first-order valence-electron chi connectivity index (χ1n) is 9.11. The maximum atomic E-state index is 12.3. The number of nitrogens with one attached hydrogen (secondary N) is 1. The number of amides is 1. The summed E-state index contributed by atoms with van der Waals surface area (Å²) in [6.45, 7) is 4.07. The molecule has 2 aromatic heterocycles. The Balaban J connectivity index is 1.55. The zero-order valence-corrected chi connectivity index (χ0v) is 16.9. The van der Waals surface area contributed by atoms with Gasteiger partial charge in [-0.3, -0.25) is 15.1 Å². The van der Waals surface area contributed by atoms with Gasteiger partial charge >= 0.3 is 0 Å². The van der Waals surface area contributed by atoms with Crippen molar-refractivity contribution in [2.45, 2.75) is 13.8 Å². The lowest BCUT2D eigenvalue weighted by Crippen LogP contribution is -2.11. The second-order valence-corrected chi connectivity index (χ2v) is 7.43. The Labute approximate surface area is 173 Å². The van der Waals surface area contributed by atoms with E-state index in [1.165, 1.54) is 11.3 Å². The highest BCUT2D eigenvalue weighted by Crippen LogP contribution is 2.34. The van der Waals surface area contributed by atoms with Gasteiger partial charge in [0.1, 0.15) is 11.5 Å². The maximum absolute atomic E-state index is 12.3. The lowest BCUT2D eigenvalue weighted by Gasteiger charge is -2.12. The first-order chi connectivity index (χ1) is 14.1. The van der Waals surface area contributed by atoms with E-state index in [-0.39, 0.29) is 5.91 Å². The van der Waals surface area contributed by atoms with Crippen molar-refractivity contribution < 1.29 is 9.53 Å². The van der Waals surface area contributed by atoms with E-state index in [0.29, 0.717) is 10.7 Å². The molecule has 4 aromatic rings. The number of aryl methyl sites for hydroxylation is 2. The van der Waals surface area contributed by atoms with E-state index >= 15 is 0 Å². The highest BCUT2D eigenvalue weighted by atomic mass is 32.1. The third-order valence-corrected chi connectivity index (χ3v) is 5.17. The summed E-state index contributed by atoms with van der Waals surface area (Å²) >= 11 is 1.40. The summed E-state index contributed by atoms with van der Waals surface area (Å²) < 4.78 is 5.96. The van der Waals surface area contributed by atoms with Crippen molar-refractivity contribution in [3.05, 3.63) is 89.1 Å². The van der Waals surface area contributed by atoms with Crippen molar-refractivity contribution in [3.8, 4) is 22.8 Å². The van der Waals surface area contributed by atoms with Crippen LogP contribution in [-0.2, 0) is 0 Å². The maximum Gasteiger partial charge on any atom is 0.257 e. The number of carbonyl (C=O) groups is 1. The van der Waals surface area contributed by atoms with Crippen molar-refractivity contribution in [1.29, 1.82) is 0 Å². The topological polar surface area (TPSA) is 64.1 Å². The van der Waals surface area contributed by atoms with Crippen molar-refractivity contribution in [1.82, 2.24) is 9.97 Å². The number of pyridine rings is 1. The van der Waals surface area contributed by atoms with E-state index < -0.39 is 0 Å². The Kier molecular flexibility index (Phi) is 5.35. The second-order valence-electron chi connectivity index (χ2n) is 6.58. The van der Waals surface area contributed by atoms with Crippen molar-refractivity contribution >= 4 is 22.4 Å². The number of aromatic nitrogens is 2. The van der Waals surface area contributed by atoms with Gasteiger partial charge in [-0.2, -0.15) is 0 Å². The average molecular weight is 401 g/mol. The van der Waals surface area contributed by atoms with E-state index in [1.54, 1.807) is 24.5 Å². The normalized spacial score (nSPS) is 10.6. The van der Waals surface area contributed by atoms with Gasteiger partial charge in [0.2, 0.25) is 0 Å². The minimum absolute atomic E-state index is 0.201. The molecule has 0 radical (unpaired) electrons. The molecule has 0 saturated heterocycles. The fraction of sp³-hybridized carbons (Fsp3) is 0.0870. The molecular weight excluding hydrogens is 382 g/mol. The molecule has 1 amide bonds. The summed E-state index contributed by atoms with van der Waals surface area (Å²) in [6, 6.07) is 17.1. The molecular formula is C23H19N3O2S. The molecule has 0 saturated carbocycles. The molecule has 5 nitrogen and oxygen atoms in total. The second kappa shape index (κ2) is 8.24. The van der Waals surface area contributed by atoms with Crippen LogP contribution in [0.3, 0.4) is 0 Å². The predicted molar refractivity (Wildman–Crippen MR) is 116 cm³/mol. The van der Waals surface area contributed by atoms with Crippen LogP contribution in [0.4, 0.5) is 5.13 Å². The molecule has 6 heteroatoms. The highest BCUT2D eigenvalue weighted by Gasteiger charge is 2.14. The largest absolute Gasteiger partial charge is 0.457 e. The molecule has 0 aliphatic heterocycles. The fourth-order valence-corrected chi connectivity index (χ4v) is 3.83. The van der Waals surface area contributed by atoms with Crippen molar-refractivity contribution in [2.24, 2.45) is 0 Å². The molecule has 0 bridgehead atoms. The summed E-state index contributed by atoms with van der Waals surface area (Å²) in [5, 5.41) is 5.36. The molecule has 29 heavy (non-hydrogen) atoms. The predicted octanol–water partition coefficient (Wildman–Crippen LogP) is 5.87. The number of benzene rings is 2. The van der Waals surface area contributed by atoms with Gasteiger partial charge in [0, 0.05) is 28.9 Å². The van der Waals surface area contributed by atoms with E-state index in [0.717, 1.165) is 33.9 Å². The van der Waals surface area contributed by atoms with E-state index in [2.05, 4.69) is 15.3 Å². The van der Waals surface area contributed by atoms with Crippen LogP contribution < -0.4 is 10.1 Å². The first kappa shape index (κ1) is 18.8. The SMILES string of the molecule is Cc1cc(Oc2ccccc2)cc(C)c1-c1csc(NC(=O)c2ccncc2)n1. The Hall–Kier alpha value is -3.51. The number of thiazole rings is 1. The monoisotopic (exact) mass is 401 g/mol. The van der Waals surface area contributed by atoms with Gasteiger partial charge in [0.05, 0.1) is 5.69 Å². The summed E-state index contributed by atoms with van der Waals surface area (Å²) in [4.78, 5) is 20.9. The number of para-hydroxylation sites is 1.